The Morgan fingerprint density at radius 1 is 1.44 bits per heavy atom. The number of piperidine rings is 1. The fourth-order valence-electron chi connectivity index (χ4n) is 2.65. The maximum absolute atomic E-state index is 11.0. The molecule has 2 atom stereocenters. The zero-order chi connectivity index (χ0) is 12.5. The van der Waals surface area contributed by atoms with Crippen molar-refractivity contribution in [3.63, 3.8) is 0 Å². The molecule has 0 saturated carbocycles. The molecule has 3 heterocycles. The van der Waals surface area contributed by atoms with Crippen molar-refractivity contribution in [3.05, 3.63) is 36.2 Å². The van der Waals surface area contributed by atoms with Crippen molar-refractivity contribution in [1.82, 2.24) is 14.9 Å². The third-order valence-electron chi connectivity index (χ3n) is 3.57. The van der Waals surface area contributed by atoms with Crippen molar-refractivity contribution < 1.29 is 9.90 Å². The van der Waals surface area contributed by atoms with Crippen LogP contribution in [0.4, 0.5) is 0 Å². The van der Waals surface area contributed by atoms with Gasteiger partial charge in [0.2, 0.25) is 0 Å². The average molecular weight is 245 g/mol. The van der Waals surface area contributed by atoms with E-state index in [1.165, 1.54) is 0 Å². The maximum Gasteiger partial charge on any atom is 0.320 e. The Labute approximate surface area is 104 Å². The molecule has 5 heteroatoms. The summed E-state index contributed by atoms with van der Waals surface area (Å²) in [4.78, 5) is 11.0. The van der Waals surface area contributed by atoms with Crippen molar-refractivity contribution in [3.8, 4) is 0 Å². The first kappa shape index (κ1) is 11.2. The van der Waals surface area contributed by atoms with Gasteiger partial charge in [0.15, 0.2) is 0 Å². The summed E-state index contributed by atoms with van der Waals surface area (Å²) in [6, 6.07) is 7.55. The summed E-state index contributed by atoms with van der Waals surface area (Å²) in [6.07, 6.45) is 3.33. The standard InChI is InChI=1S/C13H15N3O2/c17-13(18)11-8-9(5-7-14-11)12-4-3-10-2-1-6-15-16(10)12/h1-4,6,9,11,14H,5,7-8H2,(H,17,18). The van der Waals surface area contributed by atoms with Gasteiger partial charge in [-0.3, -0.25) is 4.79 Å². The summed E-state index contributed by atoms with van der Waals surface area (Å²) in [7, 11) is 0. The zero-order valence-electron chi connectivity index (χ0n) is 9.91. The predicted molar refractivity (Wildman–Crippen MR) is 66.6 cm³/mol. The van der Waals surface area contributed by atoms with Gasteiger partial charge in [-0.05, 0) is 43.7 Å². The van der Waals surface area contributed by atoms with E-state index >= 15 is 0 Å². The Kier molecular flexibility index (Phi) is 2.76. The van der Waals surface area contributed by atoms with E-state index in [9.17, 15) is 4.79 Å². The lowest BCUT2D eigenvalue weighted by atomic mass is 9.90. The number of hydrogen-bond donors (Lipinski definition) is 2. The van der Waals surface area contributed by atoms with E-state index < -0.39 is 12.0 Å². The van der Waals surface area contributed by atoms with Crippen LogP contribution >= 0.6 is 0 Å². The van der Waals surface area contributed by atoms with Gasteiger partial charge in [0, 0.05) is 17.8 Å². The SMILES string of the molecule is O=C(O)C1CC(c2ccc3cccnn23)CCN1. The molecule has 0 aliphatic carbocycles. The minimum absolute atomic E-state index is 0.254. The summed E-state index contributed by atoms with van der Waals surface area (Å²) in [5.74, 6) is -0.515. The molecule has 0 amide bonds. The molecule has 1 aliphatic heterocycles. The Hall–Kier alpha value is -1.88. The van der Waals surface area contributed by atoms with Crippen LogP contribution in [0.15, 0.2) is 30.5 Å². The monoisotopic (exact) mass is 245 g/mol. The van der Waals surface area contributed by atoms with Gasteiger partial charge in [0.25, 0.3) is 0 Å². The quantitative estimate of drug-likeness (QED) is 0.835. The first-order valence-electron chi connectivity index (χ1n) is 6.14. The lowest BCUT2D eigenvalue weighted by molar-refractivity contribution is -0.140. The molecule has 18 heavy (non-hydrogen) atoms. The third-order valence-corrected chi connectivity index (χ3v) is 3.57. The topological polar surface area (TPSA) is 66.6 Å². The van der Waals surface area contributed by atoms with Crippen LogP contribution in [0.1, 0.15) is 24.5 Å². The highest BCUT2D eigenvalue weighted by molar-refractivity contribution is 5.73. The molecule has 1 saturated heterocycles. The molecular weight excluding hydrogens is 230 g/mol. The average Bonchev–Trinajstić information content (AvgIpc) is 2.82. The highest BCUT2D eigenvalue weighted by atomic mass is 16.4. The fourth-order valence-corrected chi connectivity index (χ4v) is 2.65. The van der Waals surface area contributed by atoms with E-state index in [-0.39, 0.29) is 5.92 Å². The molecule has 94 valence electrons. The summed E-state index contributed by atoms with van der Waals surface area (Å²) < 4.78 is 1.91. The molecule has 0 aromatic carbocycles. The van der Waals surface area contributed by atoms with Crippen molar-refractivity contribution >= 4 is 11.5 Å². The highest BCUT2D eigenvalue weighted by Crippen LogP contribution is 2.28. The largest absolute Gasteiger partial charge is 0.480 e. The predicted octanol–water partition coefficient (Wildman–Crippen LogP) is 1.25. The number of carboxylic acids is 1. The Morgan fingerprint density at radius 2 is 2.33 bits per heavy atom. The van der Waals surface area contributed by atoms with Gasteiger partial charge in [-0.2, -0.15) is 5.10 Å². The molecule has 0 radical (unpaired) electrons. The summed E-state index contributed by atoms with van der Waals surface area (Å²) in [5.41, 5.74) is 2.16. The van der Waals surface area contributed by atoms with E-state index in [0.717, 1.165) is 24.2 Å². The maximum atomic E-state index is 11.0. The third kappa shape index (κ3) is 1.86. The number of nitrogens with zero attached hydrogens (tertiary/aromatic N) is 2. The number of aliphatic carboxylic acids is 1. The molecular formula is C13H15N3O2. The Bertz CT molecular complexity index is 578. The van der Waals surface area contributed by atoms with Crippen LogP contribution in [0.3, 0.4) is 0 Å². The van der Waals surface area contributed by atoms with E-state index in [4.69, 9.17) is 5.11 Å². The second-order valence-electron chi connectivity index (χ2n) is 4.68. The number of nitrogens with one attached hydrogen (secondary N) is 1. The second kappa shape index (κ2) is 4.42. The lowest BCUT2D eigenvalue weighted by Gasteiger charge is -2.27. The normalized spacial score (nSPS) is 24.2. The fraction of sp³-hybridized carbons (Fsp3) is 0.385. The molecule has 2 aromatic heterocycles. The van der Waals surface area contributed by atoms with E-state index in [0.29, 0.717) is 6.42 Å². The minimum Gasteiger partial charge on any atom is -0.480 e. The molecule has 1 fully saturated rings. The zero-order valence-corrected chi connectivity index (χ0v) is 9.91. The molecule has 2 aromatic rings. The molecule has 0 bridgehead atoms. The van der Waals surface area contributed by atoms with E-state index in [1.807, 2.05) is 22.7 Å². The van der Waals surface area contributed by atoms with Crippen LogP contribution in [-0.4, -0.2) is 33.3 Å². The number of carbonyl (C=O) groups is 1. The molecule has 3 rings (SSSR count). The number of rotatable bonds is 2. The van der Waals surface area contributed by atoms with Gasteiger partial charge in [-0.15, -0.1) is 0 Å². The van der Waals surface area contributed by atoms with Gasteiger partial charge in [0.05, 0.1) is 5.52 Å². The Morgan fingerprint density at radius 3 is 3.17 bits per heavy atom. The van der Waals surface area contributed by atoms with Crippen molar-refractivity contribution in [2.45, 2.75) is 24.8 Å². The van der Waals surface area contributed by atoms with Crippen LogP contribution in [0.5, 0.6) is 0 Å². The molecule has 5 nitrogen and oxygen atoms in total. The van der Waals surface area contributed by atoms with Crippen molar-refractivity contribution in [1.29, 1.82) is 0 Å². The summed E-state index contributed by atoms with van der Waals surface area (Å²) >= 11 is 0. The van der Waals surface area contributed by atoms with Gasteiger partial charge < -0.3 is 10.4 Å². The summed E-state index contributed by atoms with van der Waals surface area (Å²) in [6.45, 7) is 0.738. The van der Waals surface area contributed by atoms with Crippen LogP contribution in [0.2, 0.25) is 0 Å². The number of hydrogen-bond acceptors (Lipinski definition) is 3. The van der Waals surface area contributed by atoms with Gasteiger partial charge in [0.1, 0.15) is 6.04 Å². The van der Waals surface area contributed by atoms with Crippen molar-refractivity contribution in [2.75, 3.05) is 6.54 Å². The minimum atomic E-state index is -0.770. The lowest BCUT2D eigenvalue weighted by Crippen LogP contribution is -2.43. The highest BCUT2D eigenvalue weighted by Gasteiger charge is 2.28. The van der Waals surface area contributed by atoms with E-state index in [2.05, 4.69) is 16.5 Å². The van der Waals surface area contributed by atoms with Crippen LogP contribution < -0.4 is 5.32 Å². The van der Waals surface area contributed by atoms with Gasteiger partial charge in [-0.1, -0.05) is 0 Å². The summed E-state index contributed by atoms with van der Waals surface area (Å²) in [5, 5.41) is 16.4. The number of fused-ring (bicyclic) bond motifs is 1. The Balaban J connectivity index is 1.92. The van der Waals surface area contributed by atoms with E-state index in [1.54, 1.807) is 6.20 Å². The first-order valence-corrected chi connectivity index (χ1v) is 6.14. The van der Waals surface area contributed by atoms with Crippen molar-refractivity contribution in [2.24, 2.45) is 0 Å². The molecule has 1 aliphatic rings. The molecule has 2 N–H and O–H groups in total. The molecule has 2 unspecified atom stereocenters. The van der Waals surface area contributed by atoms with Crippen LogP contribution in [-0.2, 0) is 4.79 Å². The smallest absolute Gasteiger partial charge is 0.320 e. The number of carboxylic acid groups (broad SMARTS) is 1. The van der Waals surface area contributed by atoms with Crippen LogP contribution in [0.25, 0.3) is 5.52 Å². The van der Waals surface area contributed by atoms with Crippen LogP contribution in [0, 0.1) is 0 Å². The second-order valence-corrected chi connectivity index (χ2v) is 4.68. The first-order chi connectivity index (χ1) is 8.75. The van der Waals surface area contributed by atoms with Gasteiger partial charge >= 0.3 is 5.97 Å². The number of aromatic nitrogens is 2. The van der Waals surface area contributed by atoms with Gasteiger partial charge in [-0.25, -0.2) is 4.52 Å². The molecule has 0 spiro atoms.